The number of para-hydroxylation sites is 2. The molecule has 238 valence electrons. The van der Waals surface area contributed by atoms with E-state index in [4.69, 9.17) is 0 Å². The minimum Gasteiger partial charge on any atom is -0.312 e. The van der Waals surface area contributed by atoms with Gasteiger partial charge in [0.1, 0.15) is 0 Å². The zero-order valence-corrected chi connectivity index (χ0v) is 27.7. The maximum absolute atomic E-state index is 2.49. The first-order valence-electron chi connectivity index (χ1n) is 17.4. The van der Waals surface area contributed by atoms with Gasteiger partial charge >= 0.3 is 0 Å². The largest absolute Gasteiger partial charge is 0.312 e. The monoisotopic (exact) mass is 640 g/mol. The number of aromatic nitrogens is 1. The standard InChI is InChI=1S/C48H36N2/c1-4-15-38(16-5-1)47-45-22-12-13-23-46(45)50(48(47)39-17-6-2-7-18-39)43-31-26-37(27-32-43)36-24-29-42(30-25-36)49(41-20-8-3-9-21-41)44-33-28-35-14-10-11-19-40(35)34-44/h1-17,19-34,39H,18H2. The van der Waals surface area contributed by atoms with E-state index in [9.17, 15) is 0 Å². The predicted octanol–water partition coefficient (Wildman–Crippen LogP) is 13.2. The van der Waals surface area contributed by atoms with E-state index in [-0.39, 0.29) is 5.92 Å². The van der Waals surface area contributed by atoms with Gasteiger partial charge in [-0.05, 0) is 88.5 Å². The van der Waals surface area contributed by atoms with Gasteiger partial charge < -0.3 is 9.47 Å². The maximum atomic E-state index is 2.49. The molecular formula is C48H36N2. The van der Waals surface area contributed by atoms with Gasteiger partial charge in [0, 0.05) is 45.3 Å². The predicted molar refractivity (Wildman–Crippen MR) is 212 cm³/mol. The van der Waals surface area contributed by atoms with Gasteiger partial charge in [-0.25, -0.2) is 0 Å². The highest BCUT2D eigenvalue weighted by Crippen LogP contribution is 2.43. The smallest absolute Gasteiger partial charge is 0.0538 e. The van der Waals surface area contributed by atoms with Crippen LogP contribution in [-0.4, -0.2) is 4.57 Å². The number of anilines is 3. The summed E-state index contributed by atoms with van der Waals surface area (Å²) in [5.41, 5.74) is 12.1. The van der Waals surface area contributed by atoms with Crippen LogP contribution in [0.5, 0.6) is 0 Å². The molecule has 1 heterocycles. The van der Waals surface area contributed by atoms with E-state index in [0.717, 1.165) is 23.5 Å². The fraction of sp³-hybridized carbons (Fsp3) is 0.0417. The van der Waals surface area contributed by atoms with E-state index in [1.807, 2.05) is 0 Å². The summed E-state index contributed by atoms with van der Waals surface area (Å²) in [5, 5.41) is 3.75. The Morgan fingerprint density at radius 2 is 1.10 bits per heavy atom. The van der Waals surface area contributed by atoms with Crippen LogP contribution in [0, 0.1) is 0 Å². The Labute approximate surface area is 293 Å². The summed E-state index contributed by atoms with van der Waals surface area (Å²) in [6.45, 7) is 0. The minimum absolute atomic E-state index is 0.282. The SMILES string of the molecule is C1=CCC(c2c(-c3ccccc3)c3ccccc3n2-c2ccc(-c3ccc(N(c4ccccc4)c4ccc5ccccc5c4)cc3)cc2)C=C1. The van der Waals surface area contributed by atoms with Crippen LogP contribution in [0.4, 0.5) is 17.1 Å². The summed E-state index contributed by atoms with van der Waals surface area (Å²) in [4.78, 5) is 2.33. The van der Waals surface area contributed by atoms with E-state index < -0.39 is 0 Å². The Morgan fingerprint density at radius 3 is 1.84 bits per heavy atom. The third-order valence-corrected chi connectivity index (χ3v) is 9.90. The number of allylic oxidation sites excluding steroid dienone is 4. The molecule has 7 aromatic carbocycles. The molecule has 0 amide bonds. The molecule has 2 heteroatoms. The molecule has 0 spiro atoms. The third-order valence-electron chi connectivity index (χ3n) is 9.90. The average molecular weight is 641 g/mol. The summed E-state index contributed by atoms with van der Waals surface area (Å²) in [6, 6.07) is 63.6. The average Bonchev–Trinajstić information content (AvgIpc) is 3.55. The van der Waals surface area contributed by atoms with Crippen LogP contribution >= 0.6 is 0 Å². The molecule has 0 aliphatic heterocycles. The van der Waals surface area contributed by atoms with E-state index in [1.165, 1.54) is 55.3 Å². The molecule has 1 atom stereocenters. The summed E-state index contributed by atoms with van der Waals surface area (Å²) < 4.78 is 2.49. The maximum Gasteiger partial charge on any atom is 0.0538 e. The molecule has 0 radical (unpaired) electrons. The lowest BCUT2D eigenvalue weighted by Crippen LogP contribution is -2.09. The van der Waals surface area contributed by atoms with Crippen LogP contribution in [0.2, 0.25) is 0 Å². The number of hydrogen-bond acceptors (Lipinski definition) is 1. The molecule has 0 bridgehead atoms. The zero-order valence-electron chi connectivity index (χ0n) is 27.7. The molecule has 2 nitrogen and oxygen atoms in total. The normalized spacial score (nSPS) is 14.0. The Hall–Kier alpha value is -6.38. The first-order chi connectivity index (χ1) is 24.8. The number of benzene rings is 7. The van der Waals surface area contributed by atoms with Crippen molar-refractivity contribution in [2.75, 3.05) is 4.90 Å². The van der Waals surface area contributed by atoms with Crippen LogP contribution in [0.25, 0.3) is 49.6 Å². The Kier molecular flexibility index (Phi) is 7.68. The van der Waals surface area contributed by atoms with Gasteiger partial charge in [-0.1, -0.05) is 146 Å². The Bertz CT molecular complexity index is 2490. The number of fused-ring (bicyclic) bond motifs is 2. The van der Waals surface area contributed by atoms with Crippen molar-refractivity contribution >= 4 is 38.7 Å². The quantitative estimate of drug-likeness (QED) is 0.168. The zero-order chi connectivity index (χ0) is 33.3. The van der Waals surface area contributed by atoms with Crippen molar-refractivity contribution in [3.63, 3.8) is 0 Å². The number of nitrogens with zero attached hydrogens (tertiary/aromatic N) is 2. The van der Waals surface area contributed by atoms with Crippen LogP contribution < -0.4 is 4.90 Å². The summed E-state index contributed by atoms with van der Waals surface area (Å²) >= 11 is 0. The van der Waals surface area contributed by atoms with Gasteiger partial charge in [0.25, 0.3) is 0 Å². The van der Waals surface area contributed by atoms with Crippen molar-refractivity contribution in [3.8, 4) is 27.9 Å². The first kappa shape index (κ1) is 29.7. The van der Waals surface area contributed by atoms with Crippen molar-refractivity contribution in [1.82, 2.24) is 4.57 Å². The van der Waals surface area contributed by atoms with Crippen molar-refractivity contribution in [2.45, 2.75) is 12.3 Å². The summed E-state index contributed by atoms with van der Waals surface area (Å²) in [7, 11) is 0. The second-order valence-electron chi connectivity index (χ2n) is 12.9. The van der Waals surface area contributed by atoms with Crippen LogP contribution in [-0.2, 0) is 0 Å². The molecule has 1 unspecified atom stereocenters. The van der Waals surface area contributed by atoms with E-state index in [2.05, 4.69) is 210 Å². The van der Waals surface area contributed by atoms with Crippen molar-refractivity contribution in [2.24, 2.45) is 0 Å². The third kappa shape index (κ3) is 5.41. The van der Waals surface area contributed by atoms with Gasteiger partial charge in [-0.2, -0.15) is 0 Å². The van der Waals surface area contributed by atoms with Gasteiger partial charge in [-0.15, -0.1) is 0 Å². The van der Waals surface area contributed by atoms with Gasteiger partial charge in [-0.3, -0.25) is 0 Å². The van der Waals surface area contributed by atoms with Gasteiger partial charge in [0.05, 0.1) is 5.52 Å². The highest BCUT2D eigenvalue weighted by Gasteiger charge is 2.25. The second-order valence-corrected chi connectivity index (χ2v) is 12.9. The van der Waals surface area contributed by atoms with Gasteiger partial charge in [0.15, 0.2) is 0 Å². The number of hydrogen-bond donors (Lipinski definition) is 0. The fourth-order valence-corrected chi connectivity index (χ4v) is 7.53. The molecular weight excluding hydrogens is 605 g/mol. The molecule has 1 aliphatic rings. The highest BCUT2D eigenvalue weighted by molar-refractivity contribution is 6.00. The van der Waals surface area contributed by atoms with E-state index in [0.29, 0.717) is 0 Å². The molecule has 0 fully saturated rings. The molecule has 50 heavy (non-hydrogen) atoms. The molecule has 0 N–H and O–H groups in total. The summed E-state index contributed by atoms with van der Waals surface area (Å²) in [5.74, 6) is 0.282. The van der Waals surface area contributed by atoms with E-state index >= 15 is 0 Å². The molecule has 0 saturated carbocycles. The van der Waals surface area contributed by atoms with Crippen LogP contribution in [0.3, 0.4) is 0 Å². The van der Waals surface area contributed by atoms with E-state index in [1.54, 1.807) is 0 Å². The first-order valence-corrected chi connectivity index (χ1v) is 17.4. The van der Waals surface area contributed by atoms with Gasteiger partial charge in [0.2, 0.25) is 0 Å². The minimum atomic E-state index is 0.282. The Balaban J connectivity index is 1.10. The van der Waals surface area contributed by atoms with Crippen molar-refractivity contribution in [1.29, 1.82) is 0 Å². The lowest BCUT2D eigenvalue weighted by atomic mass is 9.90. The molecule has 1 aliphatic carbocycles. The highest BCUT2D eigenvalue weighted by atomic mass is 15.1. The topological polar surface area (TPSA) is 8.17 Å². The second kappa shape index (κ2) is 12.9. The molecule has 0 saturated heterocycles. The fourth-order valence-electron chi connectivity index (χ4n) is 7.53. The Morgan fingerprint density at radius 1 is 0.480 bits per heavy atom. The van der Waals surface area contributed by atoms with Crippen LogP contribution in [0.1, 0.15) is 18.0 Å². The lowest BCUT2D eigenvalue weighted by Gasteiger charge is -2.26. The number of rotatable bonds is 7. The lowest BCUT2D eigenvalue weighted by molar-refractivity contribution is 0.794. The molecule has 8 aromatic rings. The molecule has 1 aromatic heterocycles. The van der Waals surface area contributed by atoms with Crippen molar-refractivity contribution < 1.29 is 0 Å². The van der Waals surface area contributed by atoms with Crippen LogP contribution in [0.15, 0.2) is 200 Å². The molecule has 9 rings (SSSR count). The van der Waals surface area contributed by atoms with Crippen molar-refractivity contribution in [3.05, 3.63) is 206 Å². The summed E-state index contributed by atoms with van der Waals surface area (Å²) in [6.07, 6.45) is 9.97.